The molecule has 5 heteroatoms. The number of carbonyl (C=O) groups excluding carboxylic acids is 1. The predicted molar refractivity (Wildman–Crippen MR) is 219 cm³/mol. The molecule has 3 aromatic carbocycles. The van der Waals surface area contributed by atoms with Crippen molar-refractivity contribution in [2.24, 2.45) is 0 Å². The van der Waals surface area contributed by atoms with Gasteiger partial charge < -0.3 is 10.1 Å². The maximum absolute atomic E-state index is 13.4. The van der Waals surface area contributed by atoms with Gasteiger partial charge in [-0.2, -0.15) is 0 Å². The van der Waals surface area contributed by atoms with Gasteiger partial charge in [0, 0.05) is 24.4 Å². The molecule has 1 aromatic heterocycles. The Bertz CT molecular complexity index is 1410. The molecule has 0 saturated carbocycles. The van der Waals surface area contributed by atoms with Gasteiger partial charge in [0.2, 0.25) is 0 Å². The van der Waals surface area contributed by atoms with Crippen LogP contribution in [-0.4, -0.2) is 11.8 Å². The number of benzene rings is 3. The number of unbranched alkanes of at least 4 members (excludes halogenated alkanes) is 6. The number of carbonyl (C=O) groups is 1. The highest BCUT2D eigenvalue weighted by Crippen LogP contribution is 2.31. The van der Waals surface area contributed by atoms with E-state index in [4.69, 9.17) is 9.78 Å². The lowest BCUT2D eigenvalue weighted by atomic mass is 9.98. The van der Waals surface area contributed by atoms with Crippen molar-refractivity contribution >= 4 is 29.1 Å². The van der Waals surface area contributed by atoms with Gasteiger partial charge in [-0.05, 0) is 48.2 Å². The van der Waals surface area contributed by atoms with Crippen molar-refractivity contribution in [1.82, 2.24) is 4.98 Å². The number of nitrogens with one attached hydrogen (secondary N) is 1. The van der Waals surface area contributed by atoms with Crippen LogP contribution in [0.5, 0.6) is 0 Å². The van der Waals surface area contributed by atoms with Crippen molar-refractivity contribution in [3.63, 3.8) is 0 Å². The Kier molecular flexibility index (Phi) is 27.9. The minimum Gasteiger partial charge on any atom is -0.366 e. The third-order valence-electron chi connectivity index (χ3n) is 7.50. The monoisotopic (exact) mass is 691 g/mol. The van der Waals surface area contributed by atoms with Gasteiger partial charge in [0.05, 0.1) is 5.52 Å². The smallest absolute Gasteiger partial charge is 0.270 e. The van der Waals surface area contributed by atoms with Crippen molar-refractivity contribution in [3.05, 3.63) is 102 Å². The SMILES string of the molecule is C=C(C)c1cc(NCc2ccc(C(C)(F)F)cc2)nc2cc(-c3ccc(C)cc3)ccc12.C=O.CC.CC.CCCCCC.CCCCCC. The fourth-order valence-corrected chi connectivity index (χ4v) is 4.71. The molecule has 0 atom stereocenters. The van der Waals surface area contributed by atoms with Gasteiger partial charge in [0.1, 0.15) is 12.6 Å². The number of hydrogen-bond donors (Lipinski definition) is 1. The summed E-state index contributed by atoms with van der Waals surface area (Å²) in [4.78, 5) is 12.8. The molecular weight excluding hydrogens is 623 g/mol. The molecule has 3 nitrogen and oxygen atoms in total. The number of fused-ring (bicyclic) bond motifs is 1. The molecule has 1 N–H and O–H groups in total. The number of halogens is 2. The van der Waals surface area contributed by atoms with Crippen LogP contribution >= 0.6 is 0 Å². The lowest BCUT2D eigenvalue weighted by Crippen LogP contribution is -2.07. The second-order valence-electron chi connectivity index (χ2n) is 11.8. The van der Waals surface area contributed by atoms with Crippen LogP contribution in [0.3, 0.4) is 0 Å². The molecule has 0 aliphatic rings. The van der Waals surface area contributed by atoms with Gasteiger partial charge >= 0.3 is 0 Å². The molecule has 0 unspecified atom stereocenters. The second-order valence-corrected chi connectivity index (χ2v) is 11.8. The number of aromatic nitrogens is 1. The van der Waals surface area contributed by atoms with E-state index in [2.05, 4.69) is 89.0 Å². The van der Waals surface area contributed by atoms with Crippen LogP contribution in [-0.2, 0) is 17.3 Å². The molecule has 50 heavy (non-hydrogen) atoms. The zero-order chi connectivity index (χ0) is 38.5. The Balaban J connectivity index is 0. The molecular formula is C45H68F2N2O. The van der Waals surface area contributed by atoms with Crippen molar-refractivity contribution in [1.29, 1.82) is 0 Å². The van der Waals surface area contributed by atoms with E-state index in [0.29, 0.717) is 6.54 Å². The summed E-state index contributed by atoms with van der Waals surface area (Å²) in [5.74, 6) is -2.11. The number of hydrogen-bond acceptors (Lipinski definition) is 3. The van der Waals surface area contributed by atoms with Crippen LogP contribution in [0.2, 0.25) is 0 Å². The van der Waals surface area contributed by atoms with Gasteiger partial charge in [-0.3, -0.25) is 0 Å². The zero-order valence-electron chi connectivity index (χ0n) is 33.3. The summed E-state index contributed by atoms with van der Waals surface area (Å²) in [6.07, 6.45) is 11.1. The van der Waals surface area contributed by atoms with E-state index in [0.717, 1.165) is 51.5 Å². The molecule has 0 radical (unpaired) electrons. The van der Waals surface area contributed by atoms with E-state index in [1.807, 2.05) is 47.5 Å². The molecule has 4 aromatic rings. The van der Waals surface area contributed by atoms with Crippen LogP contribution in [0.15, 0.2) is 79.4 Å². The first kappa shape index (κ1) is 48.3. The zero-order valence-corrected chi connectivity index (χ0v) is 33.3. The third-order valence-corrected chi connectivity index (χ3v) is 7.50. The standard InChI is InChI=1S/C28H26F2N2.2C6H14.2C2H6.CH2O/c1-18(2)25-16-27(31-17-20-7-12-23(13-8-20)28(4,29)30)32-26-15-22(11-14-24(25)26)21-9-5-19(3)6-10-21;2*1-3-5-6-4-2;3*1-2/h5-16H,1,17H2,2-4H3,(H,31,32);2*3-6H2,1-2H3;2*1-2H3;1H2. The average molecular weight is 691 g/mol. The second kappa shape index (κ2) is 28.9. The quantitative estimate of drug-likeness (QED) is 0.150. The van der Waals surface area contributed by atoms with Gasteiger partial charge in [0.25, 0.3) is 5.92 Å². The molecule has 4 rings (SSSR count). The Labute approximate surface area is 305 Å². The molecule has 0 spiro atoms. The molecule has 0 aliphatic heterocycles. The Hall–Kier alpha value is -3.86. The first-order valence-electron chi connectivity index (χ1n) is 18.7. The largest absolute Gasteiger partial charge is 0.366 e. The van der Waals surface area contributed by atoms with Gasteiger partial charge in [-0.15, -0.1) is 0 Å². The minimum atomic E-state index is -2.84. The summed E-state index contributed by atoms with van der Waals surface area (Å²) in [5.41, 5.74) is 7.26. The maximum Gasteiger partial charge on any atom is 0.270 e. The lowest BCUT2D eigenvalue weighted by molar-refractivity contribution is -0.0980. The van der Waals surface area contributed by atoms with Crippen molar-refractivity contribution in [3.8, 4) is 11.1 Å². The van der Waals surface area contributed by atoms with Crippen molar-refractivity contribution in [2.45, 2.75) is 140 Å². The first-order chi connectivity index (χ1) is 24.0. The number of alkyl halides is 2. The molecule has 0 amide bonds. The summed E-state index contributed by atoms with van der Waals surface area (Å²) >= 11 is 0. The molecule has 1 heterocycles. The first-order valence-corrected chi connectivity index (χ1v) is 18.7. The fourth-order valence-electron chi connectivity index (χ4n) is 4.71. The highest BCUT2D eigenvalue weighted by atomic mass is 19.3. The number of allylic oxidation sites excluding steroid dienone is 1. The highest BCUT2D eigenvalue weighted by molar-refractivity contribution is 5.94. The number of pyridine rings is 1. The van der Waals surface area contributed by atoms with Crippen LogP contribution in [0, 0.1) is 6.92 Å². The fraction of sp³-hybridized carbons (Fsp3) is 0.467. The molecule has 0 saturated heterocycles. The summed E-state index contributed by atoms with van der Waals surface area (Å²) in [6, 6.07) is 23.1. The van der Waals surface area contributed by atoms with Gasteiger partial charge in [0.15, 0.2) is 0 Å². The van der Waals surface area contributed by atoms with Crippen LogP contribution in [0.1, 0.15) is 143 Å². The molecule has 278 valence electrons. The topological polar surface area (TPSA) is 42.0 Å². The van der Waals surface area contributed by atoms with Crippen LogP contribution in [0.4, 0.5) is 14.6 Å². The van der Waals surface area contributed by atoms with E-state index in [9.17, 15) is 8.78 Å². The van der Waals surface area contributed by atoms with E-state index < -0.39 is 5.92 Å². The Morgan fingerprint density at radius 2 is 1.18 bits per heavy atom. The third kappa shape index (κ3) is 18.8. The molecule has 0 fully saturated rings. The number of nitrogens with zero attached hydrogens (tertiary/aromatic N) is 1. The average Bonchev–Trinajstić information content (AvgIpc) is 3.14. The van der Waals surface area contributed by atoms with E-state index in [1.165, 1.54) is 69.1 Å². The lowest BCUT2D eigenvalue weighted by Gasteiger charge is -2.14. The summed E-state index contributed by atoms with van der Waals surface area (Å²) < 4.78 is 26.9. The van der Waals surface area contributed by atoms with Crippen molar-refractivity contribution in [2.75, 3.05) is 5.32 Å². The van der Waals surface area contributed by atoms with Crippen molar-refractivity contribution < 1.29 is 13.6 Å². The maximum atomic E-state index is 13.4. The summed E-state index contributed by atoms with van der Waals surface area (Å²) in [5, 5.41) is 4.38. The summed E-state index contributed by atoms with van der Waals surface area (Å²) in [6.45, 7) is 28.5. The number of anilines is 1. The van der Waals surface area contributed by atoms with E-state index >= 15 is 0 Å². The Morgan fingerprint density at radius 1 is 0.720 bits per heavy atom. The number of rotatable bonds is 12. The molecule has 0 aliphatic carbocycles. The van der Waals surface area contributed by atoms with E-state index in [-0.39, 0.29) is 5.56 Å². The number of aryl methyl sites for hydroxylation is 1. The highest BCUT2D eigenvalue weighted by Gasteiger charge is 2.23. The Morgan fingerprint density at radius 3 is 1.60 bits per heavy atom. The van der Waals surface area contributed by atoms with Gasteiger partial charge in [-0.1, -0.05) is 185 Å². The van der Waals surface area contributed by atoms with E-state index in [1.54, 1.807) is 12.1 Å². The normalized spacial score (nSPS) is 9.86. The molecule has 0 bridgehead atoms. The van der Waals surface area contributed by atoms with Gasteiger partial charge in [-0.25, -0.2) is 13.8 Å². The minimum absolute atomic E-state index is 0.0123. The van der Waals surface area contributed by atoms with Crippen LogP contribution in [0.25, 0.3) is 27.6 Å². The predicted octanol–water partition coefficient (Wildman–Crippen LogP) is 15.0. The summed E-state index contributed by atoms with van der Waals surface area (Å²) in [7, 11) is 0. The van der Waals surface area contributed by atoms with Crippen LogP contribution < -0.4 is 5.32 Å².